The van der Waals surface area contributed by atoms with Crippen molar-refractivity contribution < 1.29 is 9.59 Å². The Balaban J connectivity index is 1.66. The zero-order valence-electron chi connectivity index (χ0n) is 13.8. The van der Waals surface area contributed by atoms with Gasteiger partial charge in [0.05, 0.1) is 0 Å². The van der Waals surface area contributed by atoms with Crippen LogP contribution in [0.3, 0.4) is 0 Å². The van der Waals surface area contributed by atoms with Gasteiger partial charge >= 0.3 is 0 Å². The fraction of sp³-hybridized carbons (Fsp3) is 0.474. The lowest BCUT2D eigenvalue weighted by Gasteiger charge is -2.31. The second kappa shape index (κ2) is 7.51. The molecule has 1 saturated heterocycles. The van der Waals surface area contributed by atoms with E-state index in [4.69, 9.17) is 0 Å². The maximum absolute atomic E-state index is 12.6. The molecule has 1 heterocycles. The highest BCUT2D eigenvalue weighted by molar-refractivity contribution is 9.10. The maximum Gasteiger partial charge on any atom is 0.245 e. The van der Waals surface area contributed by atoms with Crippen LogP contribution in [-0.2, 0) is 22.4 Å². The van der Waals surface area contributed by atoms with Gasteiger partial charge in [-0.3, -0.25) is 9.59 Å². The van der Waals surface area contributed by atoms with Crippen molar-refractivity contribution in [2.45, 2.75) is 38.5 Å². The van der Waals surface area contributed by atoms with Crippen LogP contribution in [0.1, 0.15) is 36.8 Å². The summed E-state index contributed by atoms with van der Waals surface area (Å²) >= 11 is 3.63. The molecular formula is C19H23BrN2O2. The van der Waals surface area contributed by atoms with Crippen molar-refractivity contribution in [3.05, 3.63) is 40.4 Å². The molecule has 0 radical (unpaired) electrons. The standard InChI is InChI=1S/C19H23BrN2O2/c1-2-18(23)22-11-9-13(10-12-22)19(24)21-17-8-7-16(20)14-5-3-4-6-15(14)17/h2,7-8,13H,1,3-6,9-12H2,(H,21,24). The van der Waals surface area contributed by atoms with Gasteiger partial charge in [0, 0.05) is 29.2 Å². The van der Waals surface area contributed by atoms with E-state index in [0.29, 0.717) is 25.9 Å². The number of anilines is 1. The SMILES string of the molecule is C=CC(=O)N1CCC(C(=O)Nc2ccc(Br)c3c2CCCC3)CC1. The number of hydrogen-bond donors (Lipinski definition) is 1. The molecule has 4 nitrogen and oxygen atoms in total. The lowest BCUT2D eigenvalue weighted by Crippen LogP contribution is -2.40. The van der Waals surface area contributed by atoms with Gasteiger partial charge in [-0.25, -0.2) is 0 Å². The van der Waals surface area contributed by atoms with Crippen LogP contribution in [0.4, 0.5) is 5.69 Å². The highest BCUT2D eigenvalue weighted by atomic mass is 79.9. The van der Waals surface area contributed by atoms with E-state index in [1.807, 2.05) is 12.1 Å². The van der Waals surface area contributed by atoms with Gasteiger partial charge in [0.15, 0.2) is 0 Å². The van der Waals surface area contributed by atoms with Crippen LogP contribution in [0, 0.1) is 5.92 Å². The predicted molar refractivity (Wildman–Crippen MR) is 98.9 cm³/mol. The average Bonchev–Trinajstić information content (AvgIpc) is 2.63. The predicted octanol–water partition coefficient (Wildman–Crippen LogP) is 3.69. The molecule has 3 rings (SSSR count). The Bertz CT molecular complexity index is 664. The third-order valence-electron chi connectivity index (χ3n) is 5.09. The lowest BCUT2D eigenvalue weighted by molar-refractivity contribution is -0.130. The fourth-order valence-electron chi connectivity index (χ4n) is 3.67. The molecule has 0 unspecified atom stereocenters. The Morgan fingerprint density at radius 3 is 2.50 bits per heavy atom. The molecule has 1 aromatic rings. The molecule has 1 fully saturated rings. The van der Waals surface area contributed by atoms with Crippen molar-refractivity contribution in [1.29, 1.82) is 0 Å². The molecule has 1 N–H and O–H groups in total. The minimum absolute atomic E-state index is 0.0262. The number of nitrogens with one attached hydrogen (secondary N) is 1. The summed E-state index contributed by atoms with van der Waals surface area (Å²) in [4.78, 5) is 26.0. The first-order chi connectivity index (χ1) is 11.6. The maximum atomic E-state index is 12.6. The number of rotatable bonds is 3. The highest BCUT2D eigenvalue weighted by Gasteiger charge is 2.27. The number of carbonyl (C=O) groups is 2. The molecule has 128 valence electrons. The third-order valence-corrected chi connectivity index (χ3v) is 5.83. The summed E-state index contributed by atoms with van der Waals surface area (Å²) < 4.78 is 1.14. The first-order valence-electron chi connectivity index (χ1n) is 8.62. The monoisotopic (exact) mass is 390 g/mol. The summed E-state index contributed by atoms with van der Waals surface area (Å²) in [6.07, 6.45) is 7.24. The highest BCUT2D eigenvalue weighted by Crippen LogP contribution is 2.34. The van der Waals surface area contributed by atoms with Gasteiger partial charge in [0.2, 0.25) is 11.8 Å². The van der Waals surface area contributed by atoms with E-state index >= 15 is 0 Å². The van der Waals surface area contributed by atoms with E-state index in [0.717, 1.165) is 23.0 Å². The van der Waals surface area contributed by atoms with Gasteiger partial charge in [0.25, 0.3) is 0 Å². The summed E-state index contributed by atoms with van der Waals surface area (Å²) in [5.74, 6) is 0.00777. The van der Waals surface area contributed by atoms with Crippen LogP contribution in [0.5, 0.6) is 0 Å². The van der Waals surface area contributed by atoms with Crippen LogP contribution < -0.4 is 5.32 Å². The van der Waals surface area contributed by atoms with Crippen molar-refractivity contribution in [2.75, 3.05) is 18.4 Å². The molecule has 0 atom stereocenters. The van der Waals surface area contributed by atoms with E-state index in [1.54, 1.807) is 4.90 Å². The first kappa shape index (κ1) is 17.2. The van der Waals surface area contributed by atoms with E-state index in [1.165, 1.54) is 30.0 Å². The fourth-order valence-corrected chi connectivity index (χ4v) is 4.24. The number of halogens is 1. The van der Waals surface area contributed by atoms with E-state index in [2.05, 4.69) is 27.8 Å². The molecule has 0 bridgehead atoms. The topological polar surface area (TPSA) is 49.4 Å². The number of benzene rings is 1. The number of piperidine rings is 1. The smallest absolute Gasteiger partial charge is 0.245 e. The van der Waals surface area contributed by atoms with Crippen molar-refractivity contribution in [2.24, 2.45) is 5.92 Å². The Morgan fingerprint density at radius 1 is 1.17 bits per heavy atom. The quantitative estimate of drug-likeness (QED) is 0.799. The van der Waals surface area contributed by atoms with E-state index < -0.39 is 0 Å². The van der Waals surface area contributed by atoms with Gasteiger partial charge in [-0.2, -0.15) is 0 Å². The van der Waals surface area contributed by atoms with Crippen LogP contribution in [-0.4, -0.2) is 29.8 Å². The molecule has 1 aliphatic carbocycles. The molecule has 5 heteroatoms. The number of nitrogens with zero attached hydrogens (tertiary/aromatic N) is 1. The molecule has 0 saturated carbocycles. The summed E-state index contributed by atoms with van der Waals surface area (Å²) in [5.41, 5.74) is 3.58. The Kier molecular flexibility index (Phi) is 5.39. The van der Waals surface area contributed by atoms with Gasteiger partial charge < -0.3 is 10.2 Å². The van der Waals surface area contributed by atoms with Gasteiger partial charge in [-0.1, -0.05) is 22.5 Å². The summed E-state index contributed by atoms with van der Waals surface area (Å²) in [5, 5.41) is 3.14. The zero-order chi connectivity index (χ0) is 17.1. The average molecular weight is 391 g/mol. The third kappa shape index (κ3) is 3.56. The van der Waals surface area contributed by atoms with Crippen LogP contribution >= 0.6 is 15.9 Å². The summed E-state index contributed by atoms with van der Waals surface area (Å²) in [7, 11) is 0. The van der Waals surface area contributed by atoms with Gasteiger partial charge in [0.1, 0.15) is 0 Å². The summed E-state index contributed by atoms with van der Waals surface area (Å²) in [6.45, 7) is 4.77. The Hall–Kier alpha value is -1.62. The minimum atomic E-state index is -0.0455. The molecule has 1 aliphatic heterocycles. The zero-order valence-corrected chi connectivity index (χ0v) is 15.4. The Morgan fingerprint density at radius 2 is 1.83 bits per heavy atom. The first-order valence-corrected chi connectivity index (χ1v) is 9.42. The van der Waals surface area contributed by atoms with E-state index in [-0.39, 0.29) is 17.7 Å². The van der Waals surface area contributed by atoms with Gasteiger partial charge in [-0.05, 0) is 67.9 Å². The molecule has 2 aliphatic rings. The second-order valence-electron chi connectivity index (χ2n) is 6.55. The molecule has 0 spiro atoms. The number of hydrogen-bond acceptors (Lipinski definition) is 2. The second-order valence-corrected chi connectivity index (χ2v) is 7.41. The van der Waals surface area contributed by atoms with Crippen LogP contribution in [0.2, 0.25) is 0 Å². The number of amides is 2. The molecule has 0 aromatic heterocycles. The van der Waals surface area contributed by atoms with Crippen LogP contribution in [0.25, 0.3) is 0 Å². The lowest BCUT2D eigenvalue weighted by atomic mass is 9.90. The minimum Gasteiger partial charge on any atom is -0.339 e. The van der Waals surface area contributed by atoms with Crippen molar-refractivity contribution >= 4 is 33.4 Å². The molecule has 1 aromatic carbocycles. The number of likely N-dealkylation sites (tertiary alicyclic amines) is 1. The summed E-state index contributed by atoms with van der Waals surface area (Å²) in [6, 6.07) is 4.04. The van der Waals surface area contributed by atoms with Crippen molar-refractivity contribution in [3.63, 3.8) is 0 Å². The molecular weight excluding hydrogens is 368 g/mol. The normalized spacial score (nSPS) is 18.0. The number of fused-ring (bicyclic) bond motifs is 1. The largest absolute Gasteiger partial charge is 0.339 e. The van der Waals surface area contributed by atoms with E-state index in [9.17, 15) is 9.59 Å². The number of carbonyl (C=O) groups excluding carboxylic acids is 2. The van der Waals surface area contributed by atoms with Crippen LogP contribution in [0.15, 0.2) is 29.3 Å². The van der Waals surface area contributed by atoms with Crippen molar-refractivity contribution in [3.8, 4) is 0 Å². The Labute approximate surface area is 151 Å². The van der Waals surface area contributed by atoms with Crippen molar-refractivity contribution in [1.82, 2.24) is 4.90 Å². The van der Waals surface area contributed by atoms with Gasteiger partial charge in [-0.15, -0.1) is 0 Å². The molecule has 2 amide bonds. The molecule has 24 heavy (non-hydrogen) atoms.